The fourth-order valence-corrected chi connectivity index (χ4v) is 11.5. The fraction of sp³-hybridized carbons (Fsp3) is 0.583. The Bertz CT molecular complexity index is 2020. The first-order chi connectivity index (χ1) is 33.0. The van der Waals surface area contributed by atoms with Crippen LogP contribution >= 0.6 is 21.6 Å². The van der Waals surface area contributed by atoms with Crippen molar-refractivity contribution in [3.8, 4) is 5.75 Å². The second-order valence-corrected chi connectivity index (χ2v) is 20.7. The number of benzene rings is 2. The number of nitrogens with one attached hydrogen (secondary N) is 7. The van der Waals surface area contributed by atoms with E-state index in [9.17, 15) is 38.4 Å². The number of carbonyl (C=O) groups is 8. The van der Waals surface area contributed by atoms with Gasteiger partial charge in [-0.15, -0.1) is 0 Å². The van der Waals surface area contributed by atoms with E-state index in [2.05, 4.69) is 37.2 Å². The number of amides is 8. The summed E-state index contributed by atoms with van der Waals surface area (Å²) in [6.07, 6.45) is 5.32. The number of hydrogen-bond acceptors (Lipinski definition) is 13. The number of unbranched alkanes of at least 4 members (excludes halogenated alkanes) is 1. The first kappa shape index (κ1) is 56.2. The Morgan fingerprint density at radius 2 is 1.38 bits per heavy atom. The Kier molecular flexibility index (Phi) is 23.6. The Morgan fingerprint density at radius 1 is 0.768 bits per heavy atom. The lowest BCUT2D eigenvalue weighted by atomic mass is 9.85. The van der Waals surface area contributed by atoms with Crippen molar-refractivity contribution in [2.24, 2.45) is 23.1 Å². The molecule has 1 heterocycles. The SMILES string of the molecule is CCOc1ccc(C[C@H]2NC(=O)CC3(CCCCC3)SSC[C@H](C(=O)NCCNC(=O)[C@H](N)CCCCN)NC(=O)[C@@H](CC(N)=O)NC(=O)[C@H](C(C)C)NC(=O)[C@@H](Cc3ccccc3)NC2=O)cc1. The summed E-state index contributed by atoms with van der Waals surface area (Å²) in [5.74, 6) is -5.26. The highest BCUT2D eigenvalue weighted by molar-refractivity contribution is 8.77. The molecule has 0 unspecified atom stereocenters. The van der Waals surface area contributed by atoms with Gasteiger partial charge in [0.25, 0.3) is 0 Å². The van der Waals surface area contributed by atoms with Crippen molar-refractivity contribution in [1.82, 2.24) is 37.2 Å². The van der Waals surface area contributed by atoms with Crippen molar-refractivity contribution in [2.75, 3.05) is 32.0 Å². The molecule has 2 fully saturated rings. The molecule has 69 heavy (non-hydrogen) atoms. The van der Waals surface area contributed by atoms with Gasteiger partial charge in [-0.1, -0.05) is 104 Å². The summed E-state index contributed by atoms with van der Waals surface area (Å²) >= 11 is 0. The van der Waals surface area contributed by atoms with Gasteiger partial charge in [-0.3, -0.25) is 38.4 Å². The van der Waals surface area contributed by atoms with Crippen LogP contribution in [0.15, 0.2) is 54.6 Å². The summed E-state index contributed by atoms with van der Waals surface area (Å²) in [5, 5.41) is 19.3. The van der Waals surface area contributed by atoms with Crippen molar-refractivity contribution in [3.63, 3.8) is 0 Å². The molecule has 0 bridgehead atoms. The highest BCUT2D eigenvalue weighted by Gasteiger charge is 2.39. The average molecular weight is 997 g/mol. The molecule has 19 nitrogen and oxygen atoms in total. The van der Waals surface area contributed by atoms with Gasteiger partial charge in [-0.05, 0) is 68.3 Å². The number of carbonyl (C=O) groups excluding carboxylic acids is 8. The first-order valence-electron chi connectivity index (χ1n) is 23.9. The third-order valence-electron chi connectivity index (χ3n) is 11.9. The number of hydrogen-bond donors (Lipinski definition) is 10. The molecule has 1 aliphatic heterocycles. The molecule has 0 radical (unpaired) electrons. The van der Waals surface area contributed by atoms with E-state index >= 15 is 0 Å². The van der Waals surface area contributed by atoms with E-state index in [4.69, 9.17) is 21.9 Å². The highest BCUT2D eigenvalue weighted by Crippen LogP contribution is 2.48. The summed E-state index contributed by atoms with van der Waals surface area (Å²) in [7, 11) is 2.71. The van der Waals surface area contributed by atoms with E-state index in [-0.39, 0.29) is 49.9 Å². The maximum atomic E-state index is 14.5. The van der Waals surface area contributed by atoms with Crippen molar-refractivity contribution in [3.05, 3.63) is 65.7 Å². The van der Waals surface area contributed by atoms with Crippen LogP contribution in [0.4, 0.5) is 0 Å². The molecule has 6 atom stereocenters. The standard InChI is InChI=1S/C48H72N10O9S2/c1-4-67-33-18-16-32(17-19-33)26-35-44(63)55-36(25-31-13-7-5-8-14-31)46(65)58-41(30(2)3)47(66)56-37(27-39(51)59)45(64)57-38(29-68-69-48(28-40(60)54-35)20-10-6-11-21-48)43(62)53-24-23-52-42(61)34(50)15-9-12-22-49/h5,7-8,13-14,16-19,30,34-38,41H,4,6,9-12,15,20-29,49-50H2,1-3H3,(H2,51,59)(H,52,61)(H,53,62)(H,54,60)(H,55,63)(H,56,66)(H,57,64)(H,58,65)/t34-,35-,36-,37-,38-,41+/m1/s1. The molecule has 8 amide bonds. The largest absolute Gasteiger partial charge is 0.494 e. The minimum absolute atomic E-state index is 0.00251. The Labute approximate surface area is 413 Å². The summed E-state index contributed by atoms with van der Waals surface area (Å²) < 4.78 is 5.01. The quantitative estimate of drug-likeness (QED) is 0.0738. The molecule has 1 saturated heterocycles. The smallest absolute Gasteiger partial charge is 0.243 e. The van der Waals surface area contributed by atoms with Gasteiger partial charge in [0.2, 0.25) is 47.3 Å². The fourth-order valence-electron chi connectivity index (χ4n) is 8.10. The Hall–Kier alpha value is -5.38. The van der Waals surface area contributed by atoms with Crippen LogP contribution in [0.2, 0.25) is 0 Å². The molecule has 4 rings (SSSR count). The Balaban J connectivity index is 1.69. The van der Waals surface area contributed by atoms with Gasteiger partial charge in [0, 0.05) is 42.9 Å². The zero-order valence-electron chi connectivity index (χ0n) is 40.0. The Morgan fingerprint density at radius 3 is 2.01 bits per heavy atom. The van der Waals surface area contributed by atoms with Crippen LogP contribution in [0.5, 0.6) is 5.75 Å². The molecule has 2 aliphatic rings. The van der Waals surface area contributed by atoms with Gasteiger partial charge in [-0.2, -0.15) is 0 Å². The molecule has 1 spiro atoms. The molecule has 380 valence electrons. The zero-order chi connectivity index (χ0) is 50.3. The predicted octanol–water partition coefficient (Wildman–Crippen LogP) is 1.00. The van der Waals surface area contributed by atoms with Gasteiger partial charge >= 0.3 is 0 Å². The second-order valence-electron chi connectivity index (χ2n) is 17.9. The van der Waals surface area contributed by atoms with Crippen LogP contribution in [0.1, 0.15) is 96.1 Å². The zero-order valence-corrected chi connectivity index (χ0v) is 41.6. The van der Waals surface area contributed by atoms with Gasteiger partial charge < -0.3 is 59.2 Å². The minimum atomic E-state index is -1.55. The van der Waals surface area contributed by atoms with Crippen LogP contribution in [0.3, 0.4) is 0 Å². The lowest BCUT2D eigenvalue weighted by molar-refractivity contribution is -0.136. The lowest BCUT2D eigenvalue weighted by Crippen LogP contribution is -2.61. The second kappa shape index (κ2) is 29.0. The lowest BCUT2D eigenvalue weighted by Gasteiger charge is -2.36. The van der Waals surface area contributed by atoms with E-state index in [1.54, 1.807) is 50.2 Å². The van der Waals surface area contributed by atoms with Gasteiger partial charge in [0.15, 0.2) is 0 Å². The van der Waals surface area contributed by atoms with Gasteiger partial charge in [0.1, 0.15) is 36.0 Å². The summed E-state index contributed by atoms with van der Waals surface area (Å²) in [6, 6.07) is 9.02. The van der Waals surface area contributed by atoms with E-state index < -0.39 is 88.8 Å². The van der Waals surface area contributed by atoms with E-state index in [1.807, 2.05) is 25.1 Å². The van der Waals surface area contributed by atoms with Crippen LogP contribution in [-0.2, 0) is 51.2 Å². The summed E-state index contributed by atoms with van der Waals surface area (Å²) in [4.78, 5) is 110. The number of rotatable bonds is 18. The normalized spacial score (nSPS) is 22.5. The van der Waals surface area contributed by atoms with E-state index in [0.717, 1.165) is 31.2 Å². The van der Waals surface area contributed by atoms with Crippen molar-refractivity contribution in [1.29, 1.82) is 0 Å². The van der Waals surface area contributed by atoms with Gasteiger partial charge in [0.05, 0.1) is 19.1 Å². The molecule has 1 aliphatic carbocycles. The molecule has 1 saturated carbocycles. The molecule has 13 N–H and O–H groups in total. The third kappa shape index (κ3) is 19.1. The average Bonchev–Trinajstić information content (AvgIpc) is 3.31. The number of ether oxygens (including phenoxy) is 1. The van der Waals surface area contributed by atoms with Crippen molar-refractivity contribution >= 4 is 68.8 Å². The molecule has 2 aromatic rings. The van der Waals surface area contributed by atoms with Crippen molar-refractivity contribution < 1.29 is 43.1 Å². The minimum Gasteiger partial charge on any atom is -0.494 e. The molecular formula is C48H72N10O9S2. The topological polar surface area (TPSA) is 308 Å². The van der Waals surface area contributed by atoms with Crippen molar-refractivity contribution in [2.45, 2.75) is 139 Å². The van der Waals surface area contributed by atoms with Crippen LogP contribution in [-0.4, -0.2) is 120 Å². The maximum absolute atomic E-state index is 14.5. The van der Waals surface area contributed by atoms with Crippen LogP contribution in [0, 0.1) is 5.92 Å². The highest BCUT2D eigenvalue weighted by atomic mass is 33.1. The number of primary amides is 1. The molecule has 2 aromatic carbocycles. The first-order valence-corrected chi connectivity index (χ1v) is 26.2. The summed E-state index contributed by atoms with van der Waals surface area (Å²) in [6.45, 7) is 6.20. The van der Waals surface area contributed by atoms with Crippen LogP contribution < -0.4 is 59.2 Å². The third-order valence-corrected chi connectivity index (χ3v) is 15.2. The maximum Gasteiger partial charge on any atom is 0.243 e. The van der Waals surface area contributed by atoms with E-state index in [1.165, 1.54) is 21.6 Å². The molecule has 0 aromatic heterocycles. The monoisotopic (exact) mass is 996 g/mol. The molecule has 21 heteroatoms. The van der Waals surface area contributed by atoms with Gasteiger partial charge in [-0.25, -0.2) is 0 Å². The molecular weight excluding hydrogens is 925 g/mol. The van der Waals surface area contributed by atoms with Crippen LogP contribution in [0.25, 0.3) is 0 Å². The van der Waals surface area contributed by atoms with E-state index in [0.29, 0.717) is 50.1 Å². The predicted molar refractivity (Wildman–Crippen MR) is 267 cm³/mol. The summed E-state index contributed by atoms with van der Waals surface area (Å²) in [5.41, 5.74) is 18.6. The number of nitrogens with two attached hydrogens (primary N) is 3.